The van der Waals surface area contributed by atoms with Crippen LogP contribution in [0.25, 0.3) is 0 Å². The zero-order chi connectivity index (χ0) is 12.3. The summed E-state index contributed by atoms with van der Waals surface area (Å²) in [4.78, 5) is 16.2. The summed E-state index contributed by atoms with van der Waals surface area (Å²) in [5.41, 5.74) is 0.459. The molecule has 2 rings (SSSR count). The first-order valence-corrected chi connectivity index (χ1v) is 7.03. The molecule has 0 aliphatic carbocycles. The molecule has 0 saturated carbocycles. The van der Waals surface area contributed by atoms with Crippen LogP contribution in [0.4, 0.5) is 0 Å². The van der Waals surface area contributed by atoms with Crippen LogP contribution in [-0.2, 0) is 0 Å². The summed E-state index contributed by atoms with van der Waals surface area (Å²) >= 11 is 9.22. The number of nitrogens with zero attached hydrogens (tertiary/aromatic N) is 2. The van der Waals surface area contributed by atoms with Crippen molar-refractivity contribution in [2.75, 3.05) is 38.1 Å². The number of alkyl halides is 1. The molecule has 0 spiro atoms. The first kappa shape index (κ1) is 12.9. The Morgan fingerprint density at radius 3 is 2.65 bits per heavy atom. The maximum absolute atomic E-state index is 12.1. The van der Waals surface area contributed by atoms with E-state index in [1.54, 1.807) is 6.07 Å². The highest BCUT2D eigenvalue weighted by Gasteiger charge is 2.24. The zero-order valence-electron chi connectivity index (χ0n) is 9.36. The van der Waals surface area contributed by atoms with Crippen LogP contribution in [0, 0.1) is 0 Å². The number of halogens is 2. The highest BCUT2D eigenvalue weighted by Crippen LogP contribution is 2.19. The van der Waals surface area contributed by atoms with E-state index in [4.69, 9.17) is 16.0 Å². The van der Waals surface area contributed by atoms with Crippen LogP contribution in [0.1, 0.15) is 10.4 Å². The lowest BCUT2D eigenvalue weighted by atomic mass is 10.2. The van der Waals surface area contributed by atoms with E-state index in [-0.39, 0.29) is 11.1 Å². The average Bonchev–Trinajstić information content (AvgIpc) is 2.76. The SMILES string of the molecule is O=C(c1ccoc1Cl)N1CCN(CCBr)CC1. The smallest absolute Gasteiger partial charge is 0.258 e. The maximum atomic E-state index is 12.1. The Morgan fingerprint density at radius 2 is 2.12 bits per heavy atom. The van der Waals surface area contributed by atoms with Gasteiger partial charge in [-0.25, -0.2) is 0 Å². The lowest BCUT2D eigenvalue weighted by Gasteiger charge is -2.34. The van der Waals surface area contributed by atoms with E-state index >= 15 is 0 Å². The van der Waals surface area contributed by atoms with Crippen molar-refractivity contribution in [2.45, 2.75) is 0 Å². The third-order valence-electron chi connectivity index (χ3n) is 2.91. The third-order valence-corrected chi connectivity index (χ3v) is 3.56. The van der Waals surface area contributed by atoms with Crippen molar-refractivity contribution >= 4 is 33.4 Å². The standard InChI is InChI=1S/C11H14BrClN2O2/c12-2-3-14-4-6-15(7-5-14)11(16)9-1-8-17-10(9)13/h1,8H,2-7H2. The highest BCUT2D eigenvalue weighted by atomic mass is 79.9. The minimum absolute atomic E-state index is 0.0396. The summed E-state index contributed by atoms with van der Waals surface area (Å²) in [5, 5.41) is 1.15. The van der Waals surface area contributed by atoms with Gasteiger partial charge in [-0.15, -0.1) is 0 Å². The number of piperazine rings is 1. The molecule has 0 radical (unpaired) electrons. The number of carbonyl (C=O) groups excluding carboxylic acids is 1. The van der Waals surface area contributed by atoms with Crippen molar-refractivity contribution < 1.29 is 9.21 Å². The summed E-state index contributed by atoms with van der Waals surface area (Å²) in [6.45, 7) is 4.33. The molecule has 94 valence electrons. The minimum Gasteiger partial charge on any atom is -0.452 e. The molecular weight excluding hydrogens is 307 g/mol. The van der Waals surface area contributed by atoms with Crippen molar-refractivity contribution in [3.05, 3.63) is 23.1 Å². The van der Waals surface area contributed by atoms with Crippen molar-refractivity contribution in [1.29, 1.82) is 0 Å². The van der Waals surface area contributed by atoms with Crippen LogP contribution in [-0.4, -0.2) is 53.8 Å². The van der Waals surface area contributed by atoms with Gasteiger partial charge in [-0.05, 0) is 17.7 Å². The van der Waals surface area contributed by atoms with E-state index in [0.29, 0.717) is 5.56 Å². The predicted molar refractivity (Wildman–Crippen MR) is 69.9 cm³/mol. The lowest BCUT2D eigenvalue weighted by Crippen LogP contribution is -2.49. The first-order chi connectivity index (χ1) is 8.22. The fraction of sp³-hybridized carbons (Fsp3) is 0.545. The quantitative estimate of drug-likeness (QED) is 0.800. The number of rotatable bonds is 3. The van der Waals surface area contributed by atoms with E-state index < -0.39 is 0 Å². The molecule has 1 fully saturated rings. The molecule has 0 atom stereocenters. The molecule has 17 heavy (non-hydrogen) atoms. The van der Waals surface area contributed by atoms with Crippen molar-refractivity contribution in [3.63, 3.8) is 0 Å². The lowest BCUT2D eigenvalue weighted by molar-refractivity contribution is 0.0644. The number of hydrogen-bond donors (Lipinski definition) is 0. The van der Waals surface area contributed by atoms with Gasteiger partial charge < -0.3 is 9.32 Å². The Labute approximate surface area is 114 Å². The molecule has 1 aromatic rings. The van der Waals surface area contributed by atoms with Gasteiger partial charge in [0.1, 0.15) is 0 Å². The molecule has 1 aliphatic heterocycles. The van der Waals surface area contributed by atoms with E-state index in [0.717, 1.165) is 38.1 Å². The molecule has 2 heterocycles. The second-order valence-electron chi connectivity index (χ2n) is 3.93. The van der Waals surface area contributed by atoms with E-state index in [9.17, 15) is 4.79 Å². The van der Waals surface area contributed by atoms with Crippen molar-refractivity contribution in [2.24, 2.45) is 0 Å². The molecule has 0 bridgehead atoms. The van der Waals surface area contributed by atoms with Crippen LogP contribution in [0.15, 0.2) is 16.7 Å². The van der Waals surface area contributed by atoms with E-state index in [1.165, 1.54) is 6.26 Å². The zero-order valence-corrected chi connectivity index (χ0v) is 11.7. The van der Waals surface area contributed by atoms with Crippen molar-refractivity contribution in [3.8, 4) is 0 Å². The van der Waals surface area contributed by atoms with E-state index in [2.05, 4.69) is 20.8 Å². The number of furan rings is 1. The van der Waals surface area contributed by atoms with Gasteiger partial charge in [0.05, 0.1) is 11.8 Å². The largest absolute Gasteiger partial charge is 0.452 e. The molecule has 0 N–H and O–H groups in total. The summed E-state index contributed by atoms with van der Waals surface area (Å²) in [6.07, 6.45) is 1.44. The van der Waals surface area contributed by atoms with Gasteiger partial charge in [0, 0.05) is 38.1 Å². The Kier molecular flexibility index (Phi) is 4.48. The van der Waals surface area contributed by atoms with Gasteiger partial charge >= 0.3 is 0 Å². The van der Waals surface area contributed by atoms with Crippen LogP contribution in [0.2, 0.25) is 5.22 Å². The molecule has 1 saturated heterocycles. The second kappa shape index (κ2) is 5.89. The van der Waals surface area contributed by atoms with Gasteiger partial charge in [0.15, 0.2) is 0 Å². The topological polar surface area (TPSA) is 36.7 Å². The van der Waals surface area contributed by atoms with Crippen molar-refractivity contribution in [1.82, 2.24) is 9.80 Å². The maximum Gasteiger partial charge on any atom is 0.258 e. The fourth-order valence-electron chi connectivity index (χ4n) is 1.91. The summed E-state index contributed by atoms with van der Waals surface area (Å²) < 4.78 is 4.94. The molecule has 6 heteroatoms. The van der Waals surface area contributed by atoms with Crippen LogP contribution >= 0.6 is 27.5 Å². The predicted octanol–water partition coefficient (Wildman–Crippen LogP) is 2.09. The molecule has 4 nitrogen and oxygen atoms in total. The average molecular weight is 322 g/mol. The molecule has 0 aromatic carbocycles. The summed E-state index contributed by atoms with van der Waals surface area (Å²) in [5.74, 6) is -0.0396. The van der Waals surface area contributed by atoms with Gasteiger partial charge in [0.25, 0.3) is 5.91 Å². The monoisotopic (exact) mass is 320 g/mol. The highest BCUT2D eigenvalue weighted by molar-refractivity contribution is 9.09. The Morgan fingerprint density at radius 1 is 1.41 bits per heavy atom. The normalized spacial score (nSPS) is 17.4. The minimum atomic E-state index is -0.0396. The van der Waals surface area contributed by atoms with Gasteiger partial charge in [0.2, 0.25) is 5.22 Å². The van der Waals surface area contributed by atoms with E-state index in [1.807, 2.05) is 4.90 Å². The molecule has 1 amide bonds. The number of hydrogen-bond acceptors (Lipinski definition) is 3. The van der Waals surface area contributed by atoms with Gasteiger partial charge in [-0.3, -0.25) is 9.69 Å². The van der Waals surface area contributed by atoms with Crippen LogP contribution < -0.4 is 0 Å². The molecule has 1 aliphatic rings. The second-order valence-corrected chi connectivity index (χ2v) is 5.07. The van der Waals surface area contributed by atoms with Gasteiger partial charge in [-0.1, -0.05) is 15.9 Å². The molecule has 1 aromatic heterocycles. The number of carbonyl (C=O) groups is 1. The Bertz CT molecular complexity index is 389. The van der Waals surface area contributed by atoms with Gasteiger partial charge in [-0.2, -0.15) is 0 Å². The Balaban J connectivity index is 1.93. The first-order valence-electron chi connectivity index (χ1n) is 5.53. The summed E-state index contributed by atoms with van der Waals surface area (Å²) in [7, 11) is 0. The molecule has 0 unspecified atom stereocenters. The summed E-state index contributed by atoms with van der Waals surface area (Å²) in [6, 6.07) is 1.62. The fourth-order valence-corrected chi connectivity index (χ4v) is 2.61. The van der Waals surface area contributed by atoms with Crippen LogP contribution in [0.3, 0.4) is 0 Å². The van der Waals surface area contributed by atoms with Crippen LogP contribution in [0.5, 0.6) is 0 Å². The third kappa shape index (κ3) is 3.03. The number of amides is 1. The molecular formula is C11H14BrClN2O2. The Hall–Kier alpha value is -0.520.